The summed E-state index contributed by atoms with van der Waals surface area (Å²) in [6.45, 7) is 2.00. The zero-order chi connectivity index (χ0) is 9.42. The molecule has 0 aliphatic carbocycles. The second-order valence-corrected chi connectivity index (χ2v) is 3.33. The van der Waals surface area contributed by atoms with Gasteiger partial charge >= 0.3 is 0 Å². The molecule has 1 aliphatic rings. The average Bonchev–Trinajstić information content (AvgIpc) is 2.39. The van der Waals surface area contributed by atoms with Gasteiger partial charge in [0.1, 0.15) is 6.23 Å². The van der Waals surface area contributed by atoms with Gasteiger partial charge < -0.3 is 5.11 Å². The molecule has 1 N–H and O–H groups in total. The van der Waals surface area contributed by atoms with Gasteiger partial charge in [0, 0.05) is 12.1 Å². The van der Waals surface area contributed by atoms with Crippen molar-refractivity contribution in [2.24, 2.45) is 0 Å². The average molecular weight is 177 g/mol. The number of hydrogen-bond acceptors (Lipinski definition) is 2. The van der Waals surface area contributed by atoms with Crippen molar-refractivity contribution in [3.8, 4) is 0 Å². The summed E-state index contributed by atoms with van der Waals surface area (Å²) in [4.78, 5) is 12.0. The third-order valence-corrected chi connectivity index (χ3v) is 2.35. The lowest BCUT2D eigenvalue weighted by Crippen LogP contribution is -2.29. The van der Waals surface area contributed by atoms with E-state index in [9.17, 15) is 9.90 Å². The smallest absolute Gasteiger partial charge is 0.216 e. The van der Waals surface area contributed by atoms with Gasteiger partial charge in [0.05, 0.1) is 0 Å². The van der Waals surface area contributed by atoms with Crippen LogP contribution in [0.25, 0.3) is 0 Å². The summed E-state index contributed by atoms with van der Waals surface area (Å²) in [6, 6.07) is 5.81. The molecule has 3 nitrogen and oxygen atoms in total. The topological polar surface area (TPSA) is 40.5 Å². The first-order valence-corrected chi connectivity index (χ1v) is 4.23. The molecule has 0 radical (unpaired) electrons. The molecule has 0 spiro atoms. The van der Waals surface area contributed by atoms with Crippen LogP contribution >= 0.6 is 0 Å². The minimum absolute atomic E-state index is 0.537. The van der Waals surface area contributed by atoms with E-state index in [2.05, 4.69) is 0 Å². The molecule has 1 unspecified atom stereocenters. The van der Waals surface area contributed by atoms with Gasteiger partial charge in [-0.1, -0.05) is 17.7 Å². The van der Waals surface area contributed by atoms with Crippen molar-refractivity contribution in [1.82, 2.24) is 0 Å². The van der Waals surface area contributed by atoms with E-state index in [1.807, 2.05) is 25.1 Å². The number of carbonyl (C=O) groups excluding carboxylic acids is 1. The summed E-state index contributed by atoms with van der Waals surface area (Å²) in [6.07, 6.45) is 0.524. The molecule has 1 amide bonds. The van der Waals surface area contributed by atoms with E-state index < -0.39 is 6.23 Å². The van der Waals surface area contributed by atoms with Crippen molar-refractivity contribution in [2.45, 2.75) is 19.6 Å². The van der Waals surface area contributed by atoms with E-state index in [1.54, 1.807) is 0 Å². The number of amides is 1. The number of carbonyl (C=O) groups is 1. The summed E-state index contributed by atoms with van der Waals surface area (Å²) < 4.78 is 0. The minimum atomic E-state index is -0.686. The molecule has 1 aliphatic heterocycles. The van der Waals surface area contributed by atoms with Crippen LogP contribution in [-0.2, 0) is 11.2 Å². The van der Waals surface area contributed by atoms with Crippen LogP contribution < -0.4 is 4.90 Å². The van der Waals surface area contributed by atoms with Crippen LogP contribution in [0.1, 0.15) is 11.1 Å². The number of anilines is 1. The largest absolute Gasteiger partial charge is 0.373 e. The van der Waals surface area contributed by atoms with E-state index in [0.29, 0.717) is 12.8 Å². The fourth-order valence-electron chi connectivity index (χ4n) is 1.71. The second-order valence-electron chi connectivity index (χ2n) is 3.33. The lowest BCUT2D eigenvalue weighted by atomic mass is 10.1. The van der Waals surface area contributed by atoms with Crippen LogP contribution in [0.5, 0.6) is 0 Å². The zero-order valence-corrected chi connectivity index (χ0v) is 7.40. The third-order valence-electron chi connectivity index (χ3n) is 2.35. The lowest BCUT2D eigenvalue weighted by Gasteiger charge is -2.14. The predicted octanol–water partition coefficient (Wildman–Crippen LogP) is 0.832. The zero-order valence-electron chi connectivity index (χ0n) is 7.40. The molecule has 1 atom stereocenters. The highest BCUT2D eigenvalue weighted by Gasteiger charge is 2.26. The first-order chi connectivity index (χ1) is 6.22. The monoisotopic (exact) mass is 177 g/mol. The summed E-state index contributed by atoms with van der Waals surface area (Å²) in [7, 11) is 0. The molecule has 2 rings (SSSR count). The van der Waals surface area contributed by atoms with Crippen LogP contribution in [0.15, 0.2) is 18.2 Å². The van der Waals surface area contributed by atoms with Crippen LogP contribution in [0.4, 0.5) is 5.69 Å². The SMILES string of the molecule is Cc1ccc2c(c1)CC(O)N2C=O. The van der Waals surface area contributed by atoms with Crippen LogP contribution in [0, 0.1) is 6.92 Å². The molecular weight excluding hydrogens is 166 g/mol. The minimum Gasteiger partial charge on any atom is -0.373 e. The van der Waals surface area contributed by atoms with E-state index in [-0.39, 0.29) is 0 Å². The van der Waals surface area contributed by atoms with E-state index in [0.717, 1.165) is 16.8 Å². The molecule has 68 valence electrons. The molecule has 3 heteroatoms. The fraction of sp³-hybridized carbons (Fsp3) is 0.300. The Hall–Kier alpha value is -1.35. The van der Waals surface area contributed by atoms with Crippen molar-refractivity contribution in [3.05, 3.63) is 29.3 Å². The van der Waals surface area contributed by atoms with Crippen molar-refractivity contribution >= 4 is 12.1 Å². The van der Waals surface area contributed by atoms with Crippen LogP contribution in [0.3, 0.4) is 0 Å². The first-order valence-electron chi connectivity index (χ1n) is 4.23. The van der Waals surface area contributed by atoms with E-state index in [1.165, 1.54) is 4.90 Å². The number of rotatable bonds is 1. The first kappa shape index (κ1) is 8.26. The van der Waals surface area contributed by atoms with Crippen LogP contribution in [-0.4, -0.2) is 17.7 Å². The van der Waals surface area contributed by atoms with Gasteiger partial charge in [-0.2, -0.15) is 0 Å². The molecule has 0 saturated carbocycles. The molecule has 1 aromatic carbocycles. The number of benzene rings is 1. The maximum Gasteiger partial charge on any atom is 0.216 e. The van der Waals surface area contributed by atoms with Gasteiger partial charge in [0.25, 0.3) is 0 Å². The van der Waals surface area contributed by atoms with Crippen molar-refractivity contribution < 1.29 is 9.90 Å². The Labute approximate surface area is 76.6 Å². The third kappa shape index (κ3) is 1.21. The normalized spacial score (nSPS) is 20.2. The Morgan fingerprint density at radius 1 is 1.62 bits per heavy atom. The van der Waals surface area contributed by atoms with Gasteiger partial charge in [-0.05, 0) is 18.6 Å². The van der Waals surface area contributed by atoms with Crippen LogP contribution in [0.2, 0.25) is 0 Å². The highest BCUT2D eigenvalue weighted by molar-refractivity contribution is 5.80. The maximum absolute atomic E-state index is 10.6. The number of fused-ring (bicyclic) bond motifs is 1. The highest BCUT2D eigenvalue weighted by Crippen LogP contribution is 2.30. The Balaban J connectivity index is 2.48. The van der Waals surface area contributed by atoms with Crippen molar-refractivity contribution in [2.75, 3.05) is 4.90 Å². The number of aliphatic hydroxyl groups is 1. The van der Waals surface area contributed by atoms with Gasteiger partial charge in [0.15, 0.2) is 0 Å². The summed E-state index contributed by atoms with van der Waals surface area (Å²) in [5.74, 6) is 0. The number of aliphatic hydroxyl groups excluding tert-OH is 1. The molecule has 0 bridgehead atoms. The maximum atomic E-state index is 10.6. The van der Waals surface area contributed by atoms with Gasteiger partial charge in [-0.3, -0.25) is 9.69 Å². The molecule has 0 saturated heterocycles. The van der Waals surface area contributed by atoms with Gasteiger partial charge in [-0.15, -0.1) is 0 Å². The molecular formula is C10H11NO2. The van der Waals surface area contributed by atoms with E-state index in [4.69, 9.17) is 0 Å². The Kier molecular flexibility index (Phi) is 1.81. The lowest BCUT2D eigenvalue weighted by molar-refractivity contribution is -0.108. The van der Waals surface area contributed by atoms with Crippen molar-refractivity contribution in [1.29, 1.82) is 0 Å². The Morgan fingerprint density at radius 3 is 3.08 bits per heavy atom. The molecule has 13 heavy (non-hydrogen) atoms. The highest BCUT2D eigenvalue weighted by atomic mass is 16.3. The summed E-state index contributed by atoms with van der Waals surface area (Å²) in [5.41, 5.74) is 3.02. The standard InChI is InChI=1S/C10H11NO2/c1-7-2-3-9-8(4-7)5-10(13)11(9)6-12/h2-4,6,10,13H,5H2,1H3. The molecule has 0 fully saturated rings. The fourth-order valence-corrected chi connectivity index (χ4v) is 1.71. The Bertz CT molecular complexity index is 349. The summed E-state index contributed by atoms with van der Waals surface area (Å²) >= 11 is 0. The van der Waals surface area contributed by atoms with E-state index >= 15 is 0 Å². The number of nitrogens with zero attached hydrogens (tertiary/aromatic N) is 1. The molecule has 0 aromatic heterocycles. The van der Waals surface area contributed by atoms with Gasteiger partial charge in [0.2, 0.25) is 6.41 Å². The molecule has 1 aromatic rings. The number of hydrogen-bond donors (Lipinski definition) is 1. The van der Waals surface area contributed by atoms with Crippen molar-refractivity contribution in [3.63, 3.8) is 0 Å². The predicted molar refractivity (Wildman–Crippen MR) is 49.4 cm³/mol. The quantitative estimate of drug-likeness (QED) is 0.645. The summed E-state index contributed by atoms with van der Waals surface area (Å²) in [5, 5.41) is 9.50. The molecule has 1 heterocycles. The van der Waals surface area contributed by atoms with Gasteiger partial charge in [-0.25, -0.2) is 0 Å². The Morgan fingerprint density at radius 2 is 2.38 bits per heavy atom. The number of aryl methyl sites for hydroxylation is 1. The second kappa shape index (κ2) is 2.85.